The van der Waals surface area contributed by atoms with Gasteiger partial charge in [-0.05, 0) is 18.9 Å². The van der Waals surface area contributed by atoms with Crippen molar-refractivity contribution in [3.63, 3.8) is 0 Å². The Labute approximate surface area is 118 Å². The van der Waals surface area contributed by atoms with Gasteiger partial charge in [-0.3, -0.25) is 4.79 Å². The van der Waals surface area contributed by atoms with Crippen LogP contribution in [0, 0.1) is 11.8 Å². The van der Waals surface area contributed by atoms with E-state index in [9.17, 15) is 4.79 Å². The molecule has 0 aliphatic carbocycles. The molecule has 1 aliphatic heterocycles. The largest absolute Gasteiger partial charge is 0.349 e. The molecule has 1 fully saturated rings. The Kier molecular flexibility index (Phi) is 6.05. The highest BCUT2D eigenvalue weighted by Crippen LogP contribution is 2.17. The molecule has 2 N–H and O–H groups in total. The second kappa shape index (κ2) is 7.07. The summed E-state index contributed by atoms with van der Waals surface area (Å²) in [7, 11) is 0. The van der Waals surface area contributed by atoms with Gasteiger partial charge in [0.25, 0.3) is 0 Å². The van der Waals surface area contributed by atoms with Crippen LogP contribution in [-0.4, -0.2) is 24.0 Å². The van der Waals surface area contributed by atoms with Crippen LogP contribution in [0.15, 0.2) is 6.20 Å². The molecule has 0 bridgehead atoms. The molecule has 18 heavy (non-hydrogen) atoms. The fraction of sp³-hybridized carbons (Fsp3) is 0.667. The number of thiazole rings is 1. The van der Waals surface area contributed by atoms with Gasteiger partial charge in [-0.2, -0.15) is 0 Å². The van der Waals surface area contributed by atoms with E-state index in [4.69, 9.17) is 0 Å². The highest BCUT2D eigenvalue weighted by atomic mass is 35.5. The summed E-state index contributed by atoms with van der Waals surface area (Å²) >= 11 is 1.68. The van der Waals surface area contributed by atoms with Crippen molar-refractivity contribution in [1.29, 1.82) is 0 Å². The number of aromatic nitrogens is 1. The molecule has 6 heteroatoms. The number of aryl methyl sites for hydroxylation is 1. The van der Waals surface area contributed by atoms with E-state index in [-0.39, 0.29) is 24.2 Å². The summed E-state index contributed by atoms with van der Waals surface area (Å²) < 4.78 is 0. The lowest BCUT2D eigenvalue weighted by atomic mass is 9.97. The van der Waals surface area contributed by atoms with Gasteiger partial charge in [-0.1, -0.05) is 13.8 Å². The first-order valence-electron chi connectivity index (χ1n) is 6.12. The predicted molar refractivity (Wildman–Crippen MR) is 76.1 cm³/mol. The number of hydrogen-bond donors (Lipinski definition) is 2. The Balaban J connectivity index is 0.00000162. The quantitative estimate of drug-likeness (QED) is 0.885. The van der Waals surface area contributed by atoms with E-state index >= 15 is 0 Å². The smallest absolute Gasteiger partial charge is 0.225 e. The third-order valence-corrected chi connectivity index (χ3v) is 4.36. The van der Waals surface area contributed by atoms with Gasteiger partial charge >= 0.3 is 0 Å². The van der Waals surface area contributed by atoms with E-state index in [1.54, 1.807) is 11.3 Å². The van der Waals surface area contributed by atoms with Crippen molar-refractivity contribution in [3.05, 3.63) is 16.1 Å². The van der Waals surface area contributed by atoms with Gasteiger partial charge in [0.2, 0.25) is 5.91 Å². The maximum absolute atomic E-state index is 11.9. The van der Waals surface area contributed by atoms with Crippen molar-refractivity contribution in [1.82, 2.24) is 15.6 Å². The molecule has 102 valence electrons. The normalized spacial score (nSPS) is 22.6. The molecule has 4 nitrogen and oxygen atoms in total. The summed E-state index contributed by atoms with van der Waals surface area (Å²) in [6.45, 7) is 6.53. The zero-order valence-corrected chi connectivity index (χ0v) is 12.4. The summed E-state index contributed by atoms with van der Waals surface area (Å²) in [5.41, 5.74) is 0. The summed E-state index contributed by atoms with van der Waals surface area (Å²) in [5.74, 6) is 0.689. The van der Waals surface area contributed by atoms with Crippen LogP contribution in [-0.2, 0) is 17.8 Å². The number of nitrogens with zero attached hydrogens (tertiary/aromatic N) is 1. The Morgan fingerprint density at radius 3 is 2.94 bits per heavy atom. The molecular weight excluding hydrogens is 270 g/mol. The van der Waals surface area contributed by atoms with Crippen molar-refractivity contribution < 1.29 is 4.79 Å². The number of amides is 1. The van der Waals surface area contributed by atoms with Crippen molar-refractivity contribution in [3.8, 4) is 0 Å². The molecule has 1 aromatic heterocycles. The molecule has 2 rings (SSSR count). The van der Waals surface area contributed by atoms with Gasteiger partial charge < -0.3 is 10.6 Å². The Bertz CT molecular complexity index is 396. The summed E-state index contributed by atoms with van der Waals surface area (Å²) in [6, 6.07) is 0. The summed E-state index contributed by atoms with van der Waals surface area (Å²) in [6.07, 6.45) is 2.90. The number of halogens is 1. The Morgan fingerprint density at radius 1 is 1.61 bits per heavy atom. The van der Waals surface area contributed by atoms with Crippen LogP contribution >= 0.6 is 23.7 Å². The van der Waals surface area contributed by atoms with Crippen LogP contribution in [0.4, 0.5) is 0 Å². The van der Waals surface area contributed by atoms with Gasteiger partial charge in [-0.25, -0.2) is 4.98 Å². The topological polar surface area (TPSA) is 54.0 Å². The van der Waals surface area contributed by atoms with Crippen molar-refractivity contribution in [2.45, 2.75) is 26.8 Å². The Hall–Kier alpha value is -0.650. The van der Waals surface area contributed by atoms with Gasteiger partial charge in [0.15, 0.2) is 0 Å². The molecule has 1 saturated heterocycles. The minimum Gasteiger partial charge on any atom is -0.349 e. The minimum atomic E-state index is 0. The lowest BCUT2D eigenvalue weighted by Gasteiger charge is -2.13. The second-order valence-corrected chi connectivity index (χ2v) is 5.73. The molecule has 0 unspecified atom stereocenters. The van der Waals surface area contributed by atoms with Crippen molar-refractivity contribution in [2.75, 3.05) is 13.1 Å². The van der Waals surface area contributed by atoms with E-state index in [0.29, 0.717) is 12.5 Å². The fourth-order valence-electron chi connectivity index (χ4n) is 2.05. The molecule has 0 aromatic carbocycles. The first-order chi connectivity index (χ1) is 8.20. The summed E-state index contributed by atoms with van der Waals surface area (Å²) in [4.78, 5) is 17.5. The highest BCUT2D eigenvalue weighted by molar-refractivity contribution is 7.11. The van der Waals surface area contributed by atoms with E-state index in [0.717, 1.165) is 24.5 Å². The SMILES string of the molecule is CCc1cnc(CNC(=O)[C@@H]2CNC[C@H]2C)s1.Cl. The standard InChI is InChI=1S/C12H19N3OS.ClH/c1-3-9-5-14-11(17-9)7-15-12(16)10-6-13-4-8(10)2;/h5,8,10,13H,3-4,6-7H2,1-2H3,(H,15,16);1H/t8-,10-;/m1./s1. The predicted octanol–water partition coefficient (Wildman–Crippen LogP) is 1.60. The molecule has 1 aromatic rings. The number of rotatable bonds is 4. The van der Waals surface area contributed by atoms with Crippen molar-refractivity contribution >= 4 is 29.7 Å². The molecule has 0 spiro atoms. The average molecular weight is 290 g/mol. The van der Waals surface area contributed by atoms with Gasteiger partial charge in [0.05, 0.1) is 12.5 Å². The zero-order valence-electron chi connectivity index (χ0n) is 10.7. The molecule has 2 heterocycles. The van der Waals surface area contributed by atoms with Crippen LogP contribution < -0.4 is 10.6 Å². The summed E-state index contributed by atoms with van der Waals surface area (Å²) in [5, 5.41) is 7.21. The molecule has 2 atom stereocenters. The van der Waals surface area contributed by atoms with E-state index in [1.165, 1.54) is 4.88 Å². The monoisotopic (exact) mass is 289 g/mol. The number of nitrogens with one attached hydrogen (secondary N) is 2. The minimum absolute atomic E-state index is 0. The third kappa shape index (κ3) is 3.67. The second-order valence-electron chi connectivity index (χ2n) is 4.53. The average Bonchev–Trinajstić information content (AvgIpc) is 2.94. The number of hydrogen-bond acceptors (Lipinski definition) is 4. The molecular formula is C12H20ClN3OS. The fourth-order valence-corrected chi connectivity index (χ4v) is 2.85. The molecule has 1 aliphatic rings. The number of carbonyl (C=O) groups is 1. The van der Waals surface area contributed by atoms with Crippen LogP contribution in [0.2, 0.25) is 0 Å². The van der Waals surface area contributed by atoms with E-state index < -0.39 is 0 Å². The lowest BCUT2D eigenvalue weighted by Crippen LogP contribution is -2.33. The van der Waals surface area contributed by atoms with Crippen LogP contribution in [0.1, 0.15) is 23.7 Å². The Morgan fingerprint density at radius 2 is 2.39 bits per heavy atom. The maximum atomic E-state index is 11.9. The van der Waals surface area contributed by atoms with Crippen LogP contribution in [0.5, 0.6) is 0 Å². The first-order valence-corrected chi connectivity index (χ1v) is 6.94. The molecule has 0 saturated carbocycles. The van der Waals surface area contributed by atoms with Crippen LogP contribution in [0.25, 0.3) is 0 Å². The lowest BCUT2D eigenvalue weighted by molar-refractivity contribution is -0.125. The van der Waals surface area contributed by atoms with Crippen LogP contribution in [0.3, 0.4) is 0 Å². The molecule has 0 radical (unpaired) electrons. The highest BCUT2D eigenvalue weighted by Gasteiger charge is 2.29. The van der Waals surface area contributed by atoms with E-state index in [2.05, 4.69) is 29.5 Å². The zero-order chi connectivity index (χ0) is 12.3. The first kappa shape index (κ1) is 15.4. The maximum Gasteiger partial charge on any atom is 0.225 e. The number of carbonyl (C=O) groups excluding carboxylic acids is 1. The third-order valence-electron chi connectivity index (χ3n) is 3.22. The van der Waals surface area contributed by atoms with Gasteiger partial charge in [0.1, 0.15) is 5.01 Å². The van der Waals surface area contributed by atoms with Crippen molar-refractivity contribution in [2.24, 2.45) is 11.8 Å². The molecule has 1 amide bonds. The van der Waals surface area contributed by atoms with Gasteiger partial charge in [-0.15, -0.1) is 23.7 Å². The van der Waals surface area contributed by atoms with Gasteiger partial charge in [0, 0.05) is 17.6 Å². The van der Waals surface area contributed by atoms with E-state index in [1.807, 2.05) is 6.20 Å².